The maximum absolute atomic E-state index is 6.24. The van der Waals surface area contributed by atoms with Crippen LogP contribution in [0.3, 0.4) is 0 Å². The highest BCUT2D eigenvalue weighted by Crippen LogP contribution is 2.53. The van der Waals surface area contributed by atoms with Gasteiger partial charge in [0, 0.05) is 5.54 Å². The van der Waals surface area contributed by atoms with Crippen LogP contribution in [0.5, 0.6) is 0 Å². The van der Waals surface area contributed by atoms with Gasteiger partial charge >= 0.3 is 0 Å². The van der Waals surface area contributed by atoms with E-state index in [4.69, 9.17) is 5.73 Å². The number of rotatable bonds is 3. The second-order valence-electron chi connectivity index (χ2n) is 4.58. The van der Waals surface area contributed by atoms with Crippen LogP contribution in [0.15, 0.2) is 0 Å². The molecule has 1 aliphatic carbocycles. The molecule has 1 rings (SSSR count). The van der Waals surface area contributed by atoms with E-state index in [1.165, 1.54) is 19.3 Å². The van der Waals surface area contributed by atoms with Gasteiger partial charge in [0.15, 0.2) is 0 Å². The van der Waals surface area contributed by atoms with Gasteiger partial charge < -0.3 is 5.73 Å². The maximum atomic E-state index is 6.24. The van der Waals surface area contributed by atoms with Crippen molar-refractivity contribution >= 4 is 0 Å². The average molecular weight is 155 g/mol. The highest BCUT2D eigenvalue weighted by molar-refractivity contribution is 5.11. The minimum atomic E-state index is 0.177. The van der Waals surface area contributed by atoms with E-state index in [-0.39, 0.29) is 5.54 Å². The third kappa shape index (κ3) is 1.20. The predicted octanol–water partition coefficient (Wildman–Crippen LogP) is 2.55. The van der Waals surface area contributed by atoms with Crippen LogP contribution in [0.25, 0.3) is 0 Å². The first kappa shape index (κ1) is 9.05. The van der Waals surface area contributed by atoms with Crippen molar-refractivity contribution in [2.45, 2.75) is 52.5 Å². The Hall–Kier alpha value is -0.0400. The van der Waals surface area contributed by atoms with Crippen LogP contribution >= 0.6 is 0 Å². The molecule has 1 unspecified atom stereocenters. The van der Waals surface area contributed by atoms with Gasteiger partial charge in [-0.3, -0.25) is 0 Å². The Balaban J connectivity index is 2.75. The first-order valence-electron chi connectivity index (χ1n) is 4.75. The Morgan fingerprint density at radius 1 is 1.45 bits per heavy atom. The molecule has 1 heteroatoms. The Labute approximate surface area is 70.4 Å². The van der Waals surface area contributed by atoms with Gasteiger partial charge in [0.25, 0.3) is 0 Å². The maximum Gasteiger partial charge on any atom is 0.0212 e. The Bertz CT molecular complexity index is 147. The number of nitrogens with two attached hydrogens (primary N) is 1. The summed E-state index contributed by atoms with van der Waals surface area (Å²) in [6.07, 6.45) is 3.67. The second-order valence-corrected chi connectivity index (χ2v) is 4.58. The lowest BCUT2D eigenvalue weighted by Crippen LogP contribution is -2.45. The van der Waals surface area contributed by atoms with Crippen molar-refractivity contribution in [1.82, 2.24) is 0 Å². The van der Waals surface area contributed by atoms with Crippen LogP contribution in [-0.2, 0) is 0 Å². The summed E-state index contributed by atoms with van der Waals surface area (Å²) in [4.78, 5) is 0. The lowest BCUT2D eigenvalue weighted by atomic mass is 9.69. The zero-order valence-corrected chi connectivity index (χ0v) is 8.28. The van der Waals surface area contributed by atoms with Crippen LogP contribution < -0.4 is 5.73 Å². The van der Waals surface area contributed by atoms with Crippen LogP contribution in [-0.4, -0.2) is 5.54 Å². The van der Waals surface area contributed by atoms with Crippen LogP contribution in [0.4, 0.5) is 0 Å². The van der Waals surface area contributed by atoms with Gasteiger partial charge in [-0.05, 0) is 30.6 Å². The van der Waals surface area contributed by atoms with Crippen LogP contribution in [0.2, 0.25) is 0 Å². The Kier molecular flexibility index (Phi) is 2.04. The van der Waals surface area contributed by atoms with Gasteiger partial charge in [0.2, 0.25) is 0 Å². The fourth-order valence-electron chi connectivity index (χ4n) is 2.04. The van der Waals surface area contributed by atoms with Crippen molar-refractivity contribution in [2.24, 2.45) is 17.1 Å². The first-order valence-corrected chi connectivity index (χ1v) is 4.75. The lowest BCUT2D eigenvalue weighted by Gasteiger charge is -2.39. The third-order valence-electron chi connectivity index (χ3n) is 3.93. The van der Waals surface area contributed by atoms with Crippen molar-refractivity contribution in [1.29, 1.82) is 0 Å². The molecule has 66 valence electrons. The SMILES string of the molecule is CCC(C)(C(C)C)C1(N)CC1. The molecule has 2 N–H and O–H groups in total. The third-order valence-corrected chi connectivity index (χ3v) is 3.93. The molecular weight excluding hydrogens is 134 g/mol. The van der Waals surface area contributed by atoms with E-state index in [1.807, 2.05) is 0 Å². The molecule has 1 saturated carbocycles. The molecule has 0 aliphatic heterocycles. The molecule has 1 atom stereocenters. The molecule has 0 heterocycles. The summed E-state index contributed by atoms with van der Waals surface area (Å²) in [7, 11) is 0. The molecule has 1 nitrogen and oxygen atoms in total. The molecule has 0 amide bonds. The van der Waals surface area contributed by atoms with Crippen LogP contribution in [0, 0.1) is 11.3 Å². The second kappa shape index (κ2) is 2.48. The summed E-state index contributed by atoms with van der Waals surface area (Å²) < 4.78 is 0. The summed E-state index contributed by atoms with van der Waals surface area (Å²) >= 11 is 0. The van der Waals surface area contributed by atoms with Gasteiger partial charge in [-0.2, -0.15) is 0 Å². The molecule has 0 bridgehead atoms. The largest absolute Gasteiger partial charge is 0.325 e. The highest BCUT2D eigenvalue weighted by Gasteiger charge is 2.53. The summed E-state index contributed by atoms with van der Waals surface area (Å²) in [6, 6.07) is 0. The molecule has 0 saturated heterocycles. The number of hydrogen-bond donors (Lipinski definition) is 1. The van der Waals surface area contributed by atoms with Gasteiger partial charge in [0.05, 0.1) is 0 Å². The van der Waals surface area contributed by atoms with E-state index in [9.17, 15) is 0 Å². The van der Waals surface area contributed by atoms with E-state index in [0.717, 1.165) is 0 Å². The topological polar surface area (TPSA) is 26.0 Å². The lowest BCUT2D eigenvalue weighted by molar-refractivity contribution is 0.144. The van der Waals surface area contributed by atoms with E-state index >= 15 is 0 Å². The molecule has 0 radical (unpaired) electrons. The summed E-state index contributed by atoms with van der Waals surface area (Å²) in [5.74, 6) is 0.708. The normalized spacial score (nSPS) is 26.7. The standard InChI is InChI=1S/C10H21N/c1-5-9(4,8(2)3)10(11)6-7-10/h8H,5-7,11H2,1-4H3. The van der Waals surface area contributed by atoms with Crippen LogP contribution in [0.1, 0.15) is 47.0 Å². The highest BCUT2D eigenvalue weighted by atomic mass is 14.9. The molecule has 1 aliphatic rings. The quantitative estimate of drug-likeness (QED) is 0.666. The molecular formula is C10H21N. The van der Waals surface area contributed by atoms with Gasteiger partial charge in [-0.15, -0.1) is 0 Å². The van der Waals surface area contributed by atoms with Crippen molar-refractivity contribution in [2.75, 3.05) is 0 Å². The van der Waals surface area contributed by atoms with E-state index < -0.39 is 0 Å². The molecule has 11 heavy (non-hydrogen) atoms. The van der Waals surface area contributed by atoms with E-state index in [2.05, 4.69) is 27.7 Å². The zero-order chi connectivity index (χ0) is 8.70. The molecule has 0 aromatic rings. The molecule has 0 aromatic carbocycles. The van der Waals surface area contributed by atoms with Crippen molar-refractivity contribution in [3.05, 3.63) is 0 Å². The van der Waals surface area contributed by atoms with Crippen molar-refractivity contribution < 1.29 is 0 Å². The molecule has 0 spiro atoms. The van der Waals surface area contributed by atoms with E-state index in [0.29, 0.717) is 11.3 Å². The zero-order valence-electron chi connectivity index (χ0n) is 8.28. The van der Waals surface area contributed by atoms with Gasteiger partial charge in [0.1, 0.15) is 0 Å². The Morgan fingerprint density at radius 2 is 1.91 bits per heavy atom. The molecule has 1 fully saturated rings. The molecule has 0 aromatic heterocycles. The first-order chi connectivity index (χ1) is 4.96. The average Bonchev–Trinajstić information content (AvgIpc) is 2.67. The van der Waals surface area contributed by atoms with Gasteiger partial charge in [-0.25, -0.2) is 0 Å². The Morgan fingerprint density at radius 3 is 2.00 bits per heavy atom. The van der Waals surface area contributed by atoms with E-state index in [1.54, 1.807) is 0 Å². The van der Waals surface area contributed by atoms with Crippen molar-refractivity contribution in [3.63, 3.8) is 0 Å². The number of hydrogen-bond acceptors (Lipinski definition) is 1. The fraction of sp³-hybridized carbons (Fsp3) is 1.00. The smallest absolute Gasteiger partial charge is 0.0212 e. The monoisotopic (exact) mass is 155 g/mol. The summed E-state index contributed by atoms with van der Waals surface area (Å²) in [5.41, 5.74) is 6.78. The van der Waals surface area contributed by atoms with Gasteiger partial charge in [-0.1, -0.05) is 27.7 Å². The minimum absolute atomic E-state index is 0.177. The minimum Gasteiger partial charge on any atom is -0.325 e. The predicted molar refractivity (Wildman–Crippen MR) is 49.4 cm³/mol. The fourth-order valence-corrected chi connectivity index (χ4v) is 2.04. The van der Waals surface area contributed by atoms with Crippen molar-refractivity contribution in [3.8, 4) is 0 Å². The summed E-state index contributed by atoms with van der Waals surface area (Å²) in [6.45, 7) is 9.17. The summed E-state index contributed by atoms with van der Waals surface area (Å²) in [5, 5.41) is 0.